The van der Waals surface area contributed by atoms with Crippen molar-refractivity contribution in [1.29, 1.82) is 0 Å². The number of anilines is 1. The molecule has 130 valence electrons. The van der Waals surface area contributed by atoms with Crippen LogP contribution in [0.15, 0.2) is 45.1 Å². The zero-order valence-electron chi connectivity index (χ0n) is 13.6. The zero-order chi connectivity index (χ0) is 17.4. The van der Waals surface area contributed by atoms with Gasteiger partial charge in [-0.05, 0) is 48.4 Å². The van der Waals surface area contributed by atoms with Gasteiger partial charge in [0.25, 0.3) is 15.9 Å². The second-order valence-electron chi connectivity index (χ2n) is 6.00. The van der Waals surface area contributed by atoms with E-state index in [9.17, 15) is 8.42 Å². The lowest BCUT2D eigenvalue weighted by Gasteiger charge is -2.08. The van der Waals surface area contributed by atoms with Gasteiger partial charge in [0.1, 0.15) is 4.88 Å². The Balaban J connectivity index is 1.60. The molecule has 1 aliphatic rings. The Morgan fingerprint density at radius 1 is 1.24 bits per heavy atom. The first-order valence-corrected chi connectivity index (χ1v) is 10.5. The molecule has 0 spiro atoms. The summed E-state index contributed by atoms with van der Waals surface area (Å²) in [7, 11) is -3.67. The van der Waals surface area contributed by atoms with Crippen molar-refractivity contribution >= 4 is 27.0 Å². The van der Waals surface area contributed by atoms with Crippen molar-refractivity contribution in [2.45, 2.75) is 37.0 Å². The number of thiophene rings is 1. The number of aryl methyl sites for hydroxylation is 1. The summed E-state index contributed by atoms with van der Waals surface area (Å²) in [4.78, 5) is 5.26. The molecule has 0 radical (unpaired) electrons. The quantitative estimate of drug-likeness (QED) is 0.703. The molecule has 0 saturated heterocycles. The lowest BCUT2D eigenvalue weighted by molar-refractivity contribution is 0.423. The summed E-state index contributed by atoms with van der Waals surface area (Å²) in [6, 6.07) is 8.58. The topological polar surface area (TPSA) is 85.1 Å². The van der Waals surface area contributed by atoms with E-state index in [2.05, 4.69) is 14.9 Å². The minimum atomic E-state index is -3.67. The van der Waals surface area contributed by atoms with Gasteiger partial charge in [0.05, 0.1) is 10.6 Å². The summed E-state index contributed by atoms with van der Waals surface area (Å²) in [5, 5.41) is 5.79. The van der Waals surface area contributed by atoms with Gasteiger partial charge in [0.15, 0.2) is 5.82 Å². The molecule has 6 nitrogen and oxygen atoms in total. The first-order valence-electron chi connectivity index (χ1n) is 8.10. The molecule has 25 heavy (non-hydrogen) atoms. The number of sulfonamides is 1. The molecule has 1 N–H and O–H groups in total. The van der Waals surface area contributed by atoms with Crippen molar-refractivity contribution < 1.29 is 12.9 Å². The van der Waals surface area contributed by atoms with Gasteiger partial charge in [-0.3, -0.25) is 4.72 Å². The molecule has 1 aromatic carbocycles. The summed E-state index contributed by atoms with van der Waals surface area (Å²) in [6.45, 7) is 2.03. The van der Waals surface area contributed by atoms with Crippen molar-refractivity contribution in [3.8, 4) is 10.8 Å². The third-order valence-electron chi connectivity index (χ3n) is 4.13. The van der Waals surface area contributed by atoms with Crippen LogP contribution in [0.2, 0.25) is 0 Å². The third-order valence-corrected chi connectivity index (χ3v) is 6.41. The molecule has 1 saturated carbocycles. The largest absolute Gasteiger partial charge is 0.333 e. The lowest BCUT2D eigenvalue weighted by atomic mass is 10.2. The maximum atomic E-state index is 12.6. The highest BCUT2D eigenvalue weighted by Crippen LogP contribution is 2.40. The minimum Gasteiger partial charge on any atom is -0.333 e. The van der Waals surface area contributed by atoms with E-state index in [-0.39, 0.29) is 4.90 Å². The highest BCUT2D eigenvalue weighted by atomic mass is 32.2. The first kappa shape index (κ1) is 16.3. The number of aromatic nitrogens is 2. The summed E-state index contributed by atoms with van der Waals surface area (Å²) in [5.74, 6) is 1.44. The number of nitrogens with zero attached hydrogens (tertiary/aromatic N) is 2. The Morgan fingerprint density at radius 2 is 2.00 bits per heavy atom. The fourth-order valence-corrected chi connectivity index (χ4v) is 4.40. The number of hydrogen-bond acceptors (Lipinski definition) is 6. The smallest absolute Gasteiger partial charge is 0.270 e. The van der Waals surface area contributed by atoms with E-state index in [1.165, 1.54) is 11.3 Å². The maximum absolute atomic E-state index is 12.6. The summed E-state index contributed by atoms with van der Waals surface area (Å²) in [5.41, 5.74) is 1.55. The Bertz CT molecular complexity index is 986. The van der Waals surface area contributed by atoms with Crippen molar-refractivity contribution in [3.05, 3.63) is 47.1 Å². The van der Waals surface area contributed by atoms with E-state index in [1.54, 1.807) is 23.6 Å². The van der Waals surface area contributed by atoms with E-state index in [4.69, 9.17) is 4.52 Å². The summed E-state index contributed by atoms with van der Waals surface area (Å²) in [6.07, 6.45) is 3.02. The van der Waals surface area contributed by atoms with Crippen LogP contribution in [0.5, 0.6) is 0 Å². The van der Waals surface area contributed by atoms with E-state index in [0.29, 0.717) is 28.2 Å². The van der Waals surface area contributed by atoms with Crippen LogP contribution in [-0.4, -0.2) is 18.6 Å². The third kappa shape index (κ3) is 3.32. The number of rotatable bonds is 6. The van der Waals surface area contributed by atoms with E-state index in [0.717, 1.165) is 24.8 Å². The van der Waals surface area contributed by atoms with Gasteiger partial charge in [-0.15, -0.1) is 11.3 Å². The van der Waals surface area contributed by atoms with Crippen LogP contribution in [0, 0.1) is 0 Å². The molecule has 0 unspecified atom stereocenters. The molecule has 8 heteroatoms. The zero-order valence-corrected chi connectivity index (χ0v) is 15.2. The second kappa shape index (κ2) is 6.27. The summed E-state index contributed by atoms with van der Waals surface area (Å²) >= 11 is 1.37. The van der Waals surface area contributed by atoms with Gasteiger partial charge >= 0.3 is 0 Å². The van der Waals surface area contributed by atoms with Crippen molar-refractivity contribution in [2.24, 2.45) is 0 Å². The number of benzene rings is 1. The molecule has 2 heterocycles. The van der Waals surface area contributed by atoms with Crippen LogP contribution in [0.1, 0.15) is 37.1 Å². The number of hydrogen-bond donors (Lipinski definition) is 1. The van der Waals surface area contributed by atoms with Gasteiger partial charge in [0.2, 0.25) is 0 Å². The van der Waals surface area contributed by atoms with Crippen molar-refractivity contribution in [2.75, 3.05) is 4.72 Å². The monoisotopic (exact) mass is 375 g/mol. The molecule has 0 amide bonds. The molecule has 1 fully saturated rings. The second-order valence-corrected chi connectivity index (χ2v) is 8.60. The Hall–Kier alpha value is -2.19. The minimum absolute atomic E-state index is 0.228. The average Bonchev–Trinajstić information content (AvgIpc) is 3.17. The fourth-order valence-electron chi connectivity index (χ4n) is 2.50. The maximum Gasteiger partial charge on any atom is 0.270 e. The molecule has 2 aromatic heterocycles. The molecule has 1 aliphatic carbocycles. The Kier molecular flexibility index (Phi) is 4.09. The fraction of sp³-hybridized carbons (Fsp3) is 0.294. The van der Waals surface area contributed by atoms with Crippen LogP contribution in [-0.2, 0) is 16.4 Å². The highest BCUT2D eigenvalue weighted by Gasteiger charge is 2.30. The van der Waals surface area contributed by atoms with E-state index < -0.39 is 10.0 Å². The Morgan fingerprint density at radius 3 is 2.68 bits per heavy atom. The molecular weight excluding hydrogens is 358 g/mol. The SMILES string of the molecule is CCc1ccc(S(=O)(=O)Nc2ccsc2-c2nc(C3CC3)no2)cc1. The molecule has 0 bridgehead atoms. The summed E-state index contributed by atoms with van der Waals surface area (Å²) < 4.78 is 33.2. The molecule has 4 rings (SSSR count). The average molecular weight is 375 g/mol. The molecule has 0 aliphatic heterocycles. The number of nitrogens with one attached hydrogen (secondary N) is 1. The first-order chi connectivity index (χ1) is 12.1. The predicted molar refractivity (Wildman–Crippen MR) is 96.2 cm³/mol. The lowest BCUT2D eigenvalue weighted by Crippen LogP contribution is -2.13. The normalized spacial score (nSPS) is 14.6. The van der Waals surface area contributed by atoms with Crippen LogP contribution in [0.25, 0.3) is 10.8 Å². The van der Waals surface area contributed by atoms with Crippen molar-refractivity contribution in [3.63, 3.8) is 0 Å². The van der Waals surface area contributed by atoms with Gasteiger partial charge in [-0.1, -0.05) is 24.2 Å². The Labute approximate surface area is 150 Å². The van der Waals surface area contributed by atoms with Crippen LogP contribution >= 0.6 is 11.3 Å². The van der Waals surface area contributed by atoms with Crippen LogP contribution in [0.4, 0.5) is 5.69 Å². The molecule has 0 atom stereocenters. The molecular formula is C17H17N3O3S2. The standard InChI is InChI=1S/C17H17N3O3S2/c1-2-11-3-7-13(8-4-11)25(21,22)20-14-9-10-24-15(14)17-18-16(19-23-17)12-5-6-12/h3-4,7-10,12,20H,2,5-6H2,1H3. The predicted octanol–water partition coefficient (Wildman–Crippen LogP) is 4.04. The van der Waals surface area contributed by atoms with Crippen LogP contribution < -0.4 is 4.72 Å². The van der Waals surface area contributed by atoms with Gasteiger partial charge in [0, 0.05) is 5.92 Å². The van der Waals surface area contributed by atoms with Crippen molar-refractivity contribution in [1.82, 2.24) is 10.1 Å². The van der Waals surface area contributed by atoms with Gasteiger partial charge in [-0.2, -0.15) is 4.98 Å². The highest BCUT2D eigenvalue weighted by molar-refractivity contribution is 7.92. The van der Waals surface area contributed by atoms with Gasteiger partial charge < -0.3 is 4.52 Å². The molecule has 3 aromatic rings. The van der Waals surface area contributed by atoms with Gasteiger partial charge in [-0.25, -0.2) is 8.42 Å². The van der Waals surface area contributed by atoms with E-state index in [1.807, 2.05) is 19.1 Å². The van der Waals surface area contributed by atoms with Crippen LogP contribution in [0.3, 0.4) is 0 Å². The van der Waals surface area contributed by atoms with E-state index >= 15 is 0 Å².